The minimum Gasteiger partial charge on any atom is -0.454 e. The Labute approximate surface area is 123 Å². The number of rotatable bonds is 3. The lowest BCUT2D eigenvalue weighted by Crippen LogP contribution is -2.09. The van der Waals surface area contributed by atoms with Crippen LogP contribution in [0.15, 0.2) is 30.3 Å². The first-order valence-corrected chi connectivity index (χ1v) is 6.64. The maximum Gasteiger partial charge on any atom is 0.166 e. The molecule has 0 saturated carbocycles. The normalized spacial score (nSPS) is 10.4. The molecule has 0 unspecified atom stereocenters. The number of thiocarbonyl (C=S) groups is 1. The molecule has 2 rings (SSSR count). The van der Waals surface area contributed by atoms with Gasteiger partial charge in [-0.25, -0.2) is 4.39 Å². The van der Waals surface area contributed by atoms with Gasteiger partial charge in [0.05, 0.1) is 0 Å². The second-order valence-corrected chi connectivity index (χ2v) is 5.26. The molecule has 0 aromatic heterocycles. The zero-order valence-electron chi connectivity index (χ0n) is 11.7. The van der Waals surface area contributed by atoms with E-state index in [0.29, 0.717) is 11.3 Å². The first-order valence-electron chi connectivity index (χ1n) is 6.23. The van der Waals surface area contributed by atoms with Crippen LogP contribution in [0.3, 0.4) is 0 Å². The first kappa shape index (κ1) is 14.5. The summed E-state index contributed by atoms with van der Waals surface area (Å²) in [6.07, 6.45) is 0. The van der Waals surface area contributed by atoms with E-state index in [1.807, 2.05) is 26.8 Å². The third-order valence-electron chi connectivity index (χ3n) is 3.20. The van der Waals surface area contributed by atoms with E-state index in [0.717, 1.165) is 16.7 Å². The van der Waals surface area contributed by atoms with Gasteiger partial charge in [-0.05, 0) is 61.7 Å². The van der Waals surface area contributed by atoms with Crippen LogP contribution in [0.2, 0.25) is 0 Å². The number of benzene rings is 2. The molecule has 0 atom stereocenters. The van der Waals surface area contributed by atoms with Crippen LogP contribution in [0.1, 0.15) is 22.3 Å². The third kappa shape index (κ3) is 2.96. The molecule has 2 N–H and O–H groups in total. The van der Waals surface area contributed by atoms with Gasteiger partial charge >= 0.3 is 0 Å². The Morgan fingerprint density at radius 1 is 1.10 bits per heavy atom. The van der Waals surface area contributed by atoms with Crippen molar-refractivity contribution in [2.24, 2.45) is 5.73 Å². The summed E-state index contributed by atoms with van der Waals surface area (Å²) in [7, 11) is 0. The second-order valence-electron chi connectivity index (χ2n) is 4.82. The summed E-state index contributed by atoms with van der Waals surface area (Å²) in [5.74, 6) is 0.344. The topological polar surface area (TPSA) is 35.2 Å². The van der Waals surface area contributed by atoms with Gasteiger partial charge in [-0.1, -0.05) is 18.3 Å². The SMILES string of the molecule is Cc1cc(C)c(C)c(Oc2ccc(C(N)=S)cc2F)c1. The molecule has 0 amide bonds. The largest absolute Gasteiger partial charge is 0.454 e. The van der Waals surface area contributed by atoms with E-state index in [2.05, 4.69) is 6.07 Å². The fourth-order valence-electron chi connectivity index (χ4n) is 1.96. The van der Waals surface area contributed by atoms with E-state index in [1.54, 1.807) is 12.1 Å². The number of nitrogens with two attached hydrogens (primary N) is 1. The molecule has 2 aromatic carbocycles. The molecule has 0 aliphatic heterocycles. The molecule has 0 spiro atoms. The van der Waals surface area contributed by atoms with Gasteiger partial charge in [0.15, 0.2) is 11.6 Å². The number of hydrogen-bond acceptors (Lipinski definition) is 2. The molecule has 4 heteroatoms. The van der Waals surface area contributed by atoms with Gasteiger partial charge in [-0.3, -0.25) is 0 Å². The van der Waals surface area contributed by atoms with Crippen LogP contribution < -0.4 is 10.5 Å². The summed E-state index contributed by atoms with van der Waals surface area (Å²) in [5.41, 5.74) is 9.14. The molecule has 2 aromatic rings. The number of hydrogen-bond donors (Lipinski definition) is 1. The van der Waals surface area contributed by atoms with E-state index in [1.165, 1.54) is 6.07 Å². The summed E-state index contributed by atoms with van der Waals surface area (Å²) >= 11 is 4.82. The highest BCUT2D eigenvalue weighted by molar-refractivity contribution is 7.80. The van der Waals surface area contributed by atoms with Crippen molar-refractivity contribution in [3.8, 4) is 11.5 Å². The average molecular weight is 289 g/mol. The van der Waals surface area contributed by atoms with E-state index < -0.39 is 5.82 Å². The van der Waals surface area contributed by atoms with Crippen molar-refractivity contribution in [3.63, 3.8) is 0 Å². The predicted molar refractivity (Wildman–Crippen MR) is 83.0 cm³/mol. The maximum absolute atomic E-state index is 14.0. The van der Waals surface area contributed by atoms with Gasteiger partial charge in [0.2, 0.25) is 0 Å². The first-order chi connectivity index (χ1) is 9.38. The van der Waals surface area contributed by atoms with E-state index in [-0.39, 0.29) is 10.7 Å². The van der Waals surface area contributed by atoms with Crippen molar-refractivity contribution in [2.45, 2.75) is 20.8 Å². The molecule has 0 heterocycles. The third-order valence-corrected chi connectivity index (χ3v) is 3.44. The van der Waals surface area contributed by atoms with Crippen LogP contribution in [0.4, 0.5) is 4.39 Å². The van der Waals surface area contributed by atoms with Gasteiger partial charge in [0.25, 0.3) is 0 Å². The Hall–Kier alpha value is -1.94. The molecular weight excluding hydrogens is 273 g/mol. The van der Waals surface area contributed by atoms with E-state index in [4.69, 9.17) is 22.7 Å². The maximum atomic E-state index is 14.0. The molecule has 0 aliphatic rings. The van der Waals surface area contributed by atoms with Gasteiger partial charge in [0, 0.05) is 5.56 Å². The van der Waals surface area contributed by atoms with Crippen LogP contribution in [0.5, 0.6) is 11.5 Å². The Kier molecular flexibility index (Phi) is 4.04. The molecule has 0 saturated heterocycles. The smallest absolute Gasteiger partial charge is 0.166 e. The van der Waals surface area contributed by atoms with Gasteiger partial charge in [-0.15, -0.1) is 0 Å². The second kappa shape index (κ2) is 5.59. The summed E-state index contributed by atoms with van der Waals surface area (Å²) in [4.78, 5) is 0.165. The Bertz CT molecular complexity index is 682. The van der Waals surface area contributed by atoms with Crippen LogP contribution in [-0.4, -0.2) is 4.99 Å². The standard InChI is InChI=1S/C16H16FNOS/c1-9-6-10(2)11(3)15(7-9)19-14-5-4-12(16(18)20)8-13(14)17/h4-8H,1-3H3,(H2,18,20). The Balaban J connectivity index is 2.38. The highest BCUT2D eigenvalue weighted by Gasteiger charge is 2.10. The lowest BCUT2D eigenvalue weighted by Gasteiger charge is -2.13. The fraction of sp³-hybridized carbons (Fsp3) is 0.188. The van der Waals surface area contributed by atoms with Crippen LogP contribution in [0.25, 0.3) is 0 Å². The highest BCUT2D eigenvalue weighted by atomic mass is 32.1. The minimum atomic E-state index is -0.478. The molecule has 104 valence electrons. The van der Waals surface area contributed by atoms with Crippen molar-refractivity contribution < 1.29 is 9.13 Å². The zero-order valence-corrected chi connectivity index (χ0v) is 12.5. The van der Waals surface area contributed by atoms with Crippen molar-refractivity contribution in [2.75, 3.05) is 0 Å². The summed E-state index contributed by atoms with van der Waals surface area (Å²) in [6.45, 7) is 5.93. The minimum absolute atomic E-state index is 0.165. The van der Waals surface area contributed by atoms with E-state index >= 15 is 0 Å². The van der Waals surface area contributed by atoms with Gasteiger partial charge < -0.3 is 10.5 Å². The van der Waals surface area contributed by atoms with E-state index in [9.17, 15) is 4.39 Å². The zero-order chi connectivity index (χ0) is 14.9. The predicted octanol–water partition coefficient (Wildman–Crippen LogP) is 4.18. The van der Waals surface area contributed by atoms with Crippen molar-refractivity contribution in [3.05, 3.63) is 58.4 Å². The molecule has 0 fully saturated rings. The van der Waals surface area contributed by atoms with Crippen LogP contribution >= 0.6 is 12.2 Å². The lowest BCUT2D eigenvalue weighted by molar-refractivity contribution is 0.439. The molecule has 0 aliphatic carbocycles. The van der Waals surface area contributed by atoms with Crippen molar-refractivity contribution >= 4 is 17.2 Å². The number of aryl methyl sites for hydroxylation is 2. The Morgan fingerprint density at radius 2 is 1.80 bits per heavy atom. The van der Waals surface area contributed by atoms with Crippen molar-refractivity contribution in [1.82, 2.24) is 0 Å². The average Bonchev–Trinajstić information content (AvgIpc) is 2.37. The number of halogens is 1. The Morgan fingerprint density at radius 3 is 2.40 bits per heavy atom. The van der Waals surface area contributed by atoms with Crippen molar-refractivity contribution in [1.29, 1.82) is 0 Å². The van der Waals surface area contributed by atoms with Gasteiger partial charge in [-0.2, -0.15) is 0 Å². The lowest BCUT2D eigenvalue weighted by atomic mass is 10.1. The molecule has 2 nitrogen and oxygen atoms in total. The molecule has 20 heavy (non-hydrogen) atoms. The van der Waals surface area contributed by atoms with Gasteiger partial charge in [0.1, 0.15) is 10.7 Å². The molecule has 0 radical (unpaired) electrons. The summed E-state index contributed by atoms with van der Waals surface area (Å²) in [5, 5.41) is 0. The quantitative estimate of drug-likeness (QED) is 0.861. The number of ether oxygens (including phenoxy) is 1. The van der Waals surface area contributed by atoms with Crippen LogP contribution in [-0.2, 0) is 0 Å². The summed E-state index contributed by atoms with van der Waals surface area (Å²) < 4.78 is 19.7. The summed E-state index contributed by atoms with van der Waals surface area (Å²) in [6, 6.07) is 8.44. The van der Waals surface area contributed by atoms with Crippen LogP contribution in [0, 0.1) is 26.6 Å². The monoisotopic (exact) mass is 289 g/mol. The fourth-order valence-corrected chi connectivity index (χ4v) is 2.09. The molecular formula is C16H16FNOS. The highest BCUT2D eigenvalue weighted by Crippen LogP contribution is 2.30. The molecule has 0 bridgehead atoms.